The average Bonchev–Trinajstić information content (AvgIpc) is 2.35. The van der Waals surface area contributed by atoms with Crippen LogP contribution in [0.1, 0.15) is 90.9 Å². The molecular formula is C16H34O. The molecule has 1 unspecified atom stereocenters. The third kappa shape index (κ3) is 12.2. The number of aliphatic hydroxyl groups is 1. The predicted octanol–water partition coefficient (Wildman–Crippen LogP) is 5.32. The lowest BCUT2D eigenvalue weighted by molar-refractivity contribution is 0.206. The zero-order chi connectivity index (χ0) is 12.8. The van der Waals surface area contributed by atoms with Crippen LogP contribution in [0.4, 0.5) is 0 Å². The van der Waals surface area contributed by atoms with Crippen LogP contribution in [0.2, 0.25) is 0 Å². The molecular weight excluding hydrogens is 208 g/mol. The predicted molar refractivity (Wildman–Crippen MR) is 77.3 cm³/mol. The minimum absolute atomic E-state index is 0.394. The first-order valence-corrected chi connectivity index (χ1v) is 7.96. The molecule has 17 heavy (non-hydrogen) atoms. The van der Waals surface area contributed by atoms with Gasteiger partial charge in [-0.1, -0.05) is 78.1 Å². The molecule has 0 aromatic heterocycles. The Morgan fingerprint density at radius 3 is 1.65 bits per heavy atom. The van der Waals surface area contributed by atoms with Crippen LogP contribution in [0.15, 0.2) is 0 Å². The summed E-state index contributed by atoms with van der Waals surface area (Å²) in [6, 6.07) is 0. The number of aliphatic hydroxyl groups excluding tert-OH is 1. The Hall–Kier alpha value is -0.0400. The Morgan fingerprint density at radius 1 is 0.647 bits per heavy atom. The summed E-state index contributed by atoms with van der Waals surface area (Å²) in [4.78, 5) is 0. The highest BCUT2D eigenvalue weighted by molar-refractivity contribution is 4.57. The van der Waals surface area contributed by atoms with Crippen LogP contribution < -0.4 is 0 Å². The van der Waals surface area contributed by atoms with Gasteiger partial charge in [-0.3, -0.25) is 0 Å². The number of hydrogen-bond acceptors (Lipinski definition) is 1. The summed E-state index contributed by atoms with van der Waals surface area (Å²) in [6.45, 7) is 4.87. The molecule has 0 spiro atoms. The van der Waals surface area contributed by atoms with E-state index in [1.165, 1.54) is 77.0 Å². The van der Waals surface area contributed by atoms with E-state index in [-0.39, 0.29) is 0 Å². The van der Waals surface area contributed by atoms with E-state index >= 15 is 0 Å². The Kier molecular flexibility index (Phi) is 14.0. The van der Waals surface area contributed by atoms with Gasteiger partial charge in [0.2, 0.25) is 0 Å². The van der Waals surface area contributed by atoms with Gasteiger partial charge in [-0.15, -0.1) is 0 Å². The fraction of sp³-hybridized carbons (Fsp3) is 1.00. The van der Waals surface area contributed by atoms with Gasteiger partial charge in [-0.25, -0.2) is 0 Å². The van der Waals surface area contributed by atoms with Gasteiger partial charge in [0.15, 0.2) is 0 Å². The first kappa shape index (κ1) is 17.0. The van der Waals surface area contributed by atoms with Gasteiger partial charge < -0.3 is 5.11 Å². The summed E-state index contributed by atoms with van der Waals surface area (Å²) in [5.41, 5.74) is 0. The molecule has 0 heterocycles. The van der Waals surface area contributed by atoms with Gasteiger partial charge in [-0.05, 0) is 18.8 Å². The second-order valence-corrected chi connectivity index (χ2v) is 5.45. The van der Waals surface area contributed by atoms with Crippen LogP contribution in [-0.4, -0.2) is 11.7 Å². The Morgan fingerprint density at radius 2 is 1.18 bits per heavy atom. The number of rotatable bonds is 13. The van der Waals surface area contributed by atoms with Crippen LogP contribution in [-0.2, 0) is 0 Å². The molecule has 104 valence electrons. The smallest absolute Gasteiger partial charge is 0.0459 e. The fourth-order valence-corrected chi connectivity index (χ4v) is 2.48. The van der Waals surface area contributed by atoms with E-state index in [0.717, 1.165) is 0 Å². The van der Waals surface area contributed by atoms with Crippen LogP contribution in [0.25, 0.3) is 0 Å². The van der Waals surface area contributed by atoms with Crippen molar-refractivity contribution in [2.24, 2.45) is 5.92 Å². The summed E-state index contributed by atoms with van der Waals surface area (Å²) in [7, 11) is 0. The van der Waals surface area contributed by atoms with E-state index in [1.54, 1.807) is 0 Å². The van der Waals surface area contributed by atoms with Crippen LogP contribution in [0.3, 0.4) is 0 Å². The fourth-order valence-electron chi connectivity index (χ4n) is 2.48. The van der Waals surface area contributed by atoms with Crippen molar-refractivity contribution in [3.8, 4) is 0 Å². The highest BCUT2D eigenvalue weighted by Gasteiger charge is 2.05. The molecule has 0 aromatic carbocycles. The molecule has 1 heteroatoms. The van der Waals surface area contributed by atoms with E-state index in [0.29, 0.717) is 12.5 Å². The molecule has 0 aliphatic heterocycles. The largest absolute Gasteiger partial charge is 0.396 e. The van der Waals surface area contributed by atoms with Crippen molar-refractivity contribution in [1.82, 2.24) is 0 Å². The van der Waals surface area contributed by atoms with Crippen LogP contribution in [0, 0.1) is 5.92 Å². The maximum Gasteiger partial charge on any atom is 0.0459 e. The molecule has 0 fully saturated rings. The molecule has 0 bridgehead atoms. The standard InChI is InChI=1S/C16H34O/c1-3-5-6-7-8-9-10-11-12-14-16(15-17)13-4-2/h16-17H,3-15H2,1-2H3. The zero-order valence-electron chi connectivity index (χ0n) is 12.2. The van der Waals surface area contributed by atoms with Crippen molar-refractivity contribution >= 4 is 0 Å². The highest BCUT2D eigenvalue weighted by atomic mass is 16.3. The summed E-state index contributed by atoms with van der Waals surface area (Å²) in [6.07, 6.45) is 16.2. The van der Waals surface area contributed by atoms with Gasteiger partial charge in [0.1, 0.15) is 0 Å². The molecule has 0 rings (SSSR count). The third-order valence-corrected chi connectivity index (χ3v) is 3.67. The monoisotopic (exact) mass is 242 g/mol. The van der Waals surface area contributed by atoms with E-state index in [9.17, 15) is 5.11 Å². The van der Waals surface area contributed by atoms with Crippen LogP contribution >= 0.6 is 0 Å². The van der Waals surface area contributed by atoms with Crippen molar-refractivity contribution < 1.29 is 5.11 Å². The first-order chi connectivity index (χ1) is 8.35. The van der Waals surface area contributed by atoms with Gasteiger partial charge in [0, 0.05) is 6.61 Å². The minimum Gasteiger partial charge on any atom is -0.396 e. The van der Waals surface area contributed by atoms with Gasteiger partial charge in [0.05, 0.1) is 0 Å². The Labute approximate surface area is 109 Å². The number of hydrogen-bond donors (Lipinski definition) is 1. The van der Waals surface area contributed by atoms with Crippen LogP contribution in [0.5, 0.6) is 0 Å². The van der Waals surface area contributed by atoms with Crippen molar-refractivity contribution in [1.29, 1.82) is 0 Å². The second kappa shape index (κ2) is 14.0. The maximum absolute atomic E-state index is 9.18. The zero-order valence-corrected chi connectivity index (χ0v) is 12.2. The first-order valence-electron chi connectivity index (χ1n) is 7.96. The normalized spacial score (nSPS) is 12.9. The summed E-state index contributed by atoms with van der Waals surface area (Å²) >= 11 is 0. The van der Waals surface area contributed by atoms with Crippen molar-refractivity contribution in [3.63, 3.8) is 0 Å². The second-order valence-electron chi connectivity index (χ2n) is 5.45. The average molecular weight is 242 g/mol. The molecule has 1 N–H and O–H groups in total. The number of unbranched alkanes of at least 4 members (excludes halogenated alkanes) is 8. The van der Waals surface area contributed by atoms with Crippen molar-refractivity contribution in [3.05, 3.63) is 0 Å². The van der Waals surface area contributed by atoms with E-state index in [4.69, 9.17) is 0 Å². The molecule has 0 amide bonds. The molecule has 0 saturated heterocycles. The lowest BCUT2D eigenvalue weighted by Crippen LogP contribution is -2.05. The summed E-state index contributed by atoms with van der Waals surface area (Å²) < 4.78 is 0. The topological polar surface area (TPSA) is 20.2 Å². The SMILES string of the molecule is CCCCCCCCCCCC(CO)CCC. The lowest BCUT2D eigenvalue weighted by Gasteiger charge is -2.12. The quantitative estimate of drug-likeness (QED) is 0.434. The third-order valence-electron chi connectivity index (χ3n) is 3.67. The molecule has 0 aromatic rings. The molecule has 0 aliphatic rings. The van der Waals surface area contributed by atoms with E-state index in [2.05, 4.69) is 13.8 Å². The molecule has 0 radical (unpaired) electrons. The summed E-state index contributed by atoms with van der Waals surface area (Å²) in [5, 5.41) is 9.18. The van der Waals surface area contributed by atoms with Gasteiger partial charge >= 0.3 is 0 Å². The molecule has 1 atom stereocenters. The maximum atomic E-state index is 9.18. The molecule has 0 aliphatic carbocycles. The van der Waals surface area contributed by atoms with Gasteiger partial charge in [-0.2, -0.15) is 0 Å². The molecule has 1 nitrogen and oxygen atoms in total. The summed E-state index contributed by atoms with van der Waals surface area (Å²) in [5.74, 6) is 0.574. The van der Waals surface area contributed by atoms with Crippen molar-refractivity contribution in [2.45, 2.75) is 90.9 Å². The Balaban J connectivity index is 3.11. The lowest BCUT2D eigenvalue weighted by atomic mass is 9.97. The van der Waals surface area contributed by atoms with Crippen molar-refractivity contribution in [2.75, 3.05) is 6.61 Å². The molecule has 0 saturated carbocycles. The highest BCUT2D eigenvalue weighted by Crippen LogP contribution is 2.16. The van der Waals surface area contributed by atoms with E-state index < -0.39 is 0 Å². The Bertz CT molecular complexity index is 133. The minimum atomic E-state index is 0.394. The van der Waals surface area contributed by atoms with E-state index in [1.807, 2.05) is 0 Å². The van der Waals surface area contributed by atoms with Gasteiger partial charge in [0.25, 0.3) is 0 Å².